The molecule has 2 amide bonds. The van der Waals surface area contributed by atoms with Gasteiger partial charge in [0.05, 0.1) is 6.26 Å². The number of likely N-dealkylation sites (tertiary alicyclic amines) is 1. The molecule has 2 saturated heterocycles. The second-order valence-corrected chi connectivity index (χ2v) is 10.8. The summed E-state index contributed by atoms with van der Waals surface area (Å²) in [5, 5.41) is 3.72. The zero-order chi connectivity index (χ0) is 22.4. The normalized spacial score (nSPS) is 20.3. The zero-order valence-corrected chi connectivity index (χ0v) is 23.8. The molecule has 0 aromatic heterocycles. The van der Waals surface area contributed by atoms with Gasteiger partial charge < -0.3 is 27.0 Å². The second-order valence-electron chi connectivity index (χ2n) is 8.85. The fraction of sp³-hybridized carbons (Fsp3) is 0.652. The number of carbonyl (C=O) groups is 1. The number of rotatable bonds is 7. The molecule has 0 spiro atoms. The fourth-order valence-corrected chi connectivity index (χ4v) is 5.92. The largest absolute Gasteiger partial charge is 1.00 e. The van der Waals surface area contributed by atoms with Crippen molar-refractivity contribution in [1.29, 1.82) is 0 Å². The molecule has 2 heterocycles. The maximum atomic E-state index is 11.9. The van der Waals surface area contributed by atoms with Crippen LogP contribution in [0.1, 0.15) is 43.6 Å². The van der Waals surface area contributed by atoms with Crippen LogP contribution in [-0.2, 0) is 10.0 Å². The molecule has 32 heavy (non-hydrogen) atoms. The summed E-state index contributed by atoms with van der Waals surface area (Å²) in [5.74, 6) is 0.933. The third kappa shape index (κ3) is 7.76. The Bertz CT molecular complexity index is 808. The first kappa shape index (κ1) is 28.2. The van der Waals surface area contributed by atoms with E-state index in [9.17, 15) is 13.2 Å². The van der Waals surface area contributed by atoms with Crippen molar-refractivity contribution in [3.8, 4) is 0 Å². The van der Waals surface area contributed by atoms with E-state index in [0.29, 0.717) is 24.9 Å². The van der Waals surface area contributed by atoms with Gasteiger partial charge in [0.2, 0.25) is 10.0 Å². The predicted octanol–water partition coefficient (Wildman–Crippen LogP) is 0.517. The van der Waals surface area contributed by atoms with E-state index in [1.807, 2.05) is 6.07 Å². The number of nitrogens with zero attached hydrogens (tertiary/aromatic N) is 4. The number of amides is 2. The first-order chi connectivity index (χ1) is 14.8. The Morgan fingerprint density at radius 3 is 2.25 bits per heavy atom. The van der Waals surface area contributed by atoms with Crippen LogP contribution in [0.5, 0.6) is 0 Å². The van der Waals surface area contributed by atoms with Crippen molar-refractivity contribution in [2.45, 2.75) is 44.1 Å². The predicted molar refractivity (Wildman–Crippen MR) is 124 cm³/mol. The molecule has 1 aromatic carbocycles. The summed E-state index contributed by atoms with van der Waals surface area (Å²) >= 11 is 0. The molecule has 2 aliphatic rings. The molecular formula is C23H36KN4O3S-. The van der Waals surface area contributed by atoms with Crippen LogP contribution in [0.3, 0.4) is 0 Å². The topological polar surface area (TPSA) is 75.0 Å². The van der Waals surface area contributed by atoms with Crippen LogP contribution >= 0.6 is 0 Å². The molecule has 0 radical (unpaired) electrons. The Morgan fingerprint density at radius 1 is 1.12 bits per heavy atom. The molecule has 2 fully saturated rings. The maximum Gasteiger partial charge on any atom is 1.00 e. The molecule has 7 nitrogen and oxygen atoms in total. The van der Waals surface area contributed by atoms with Crippen molar-refractivity contribution >= 4 is 16.1 Å². The molecule has 0 N–H and O–H groups in total. The van der Waals surface area contributed by atoms with Gasteiger partial charge in [0.25, 0.3) is 0 Å². The average molecular weight is 488 g/mol. The number of sulfonamides is 1. The van der Waals surface area contributed by atoms with Crippen molar-refractivity contribution < 1.29 is 64.6 Å². The number of piperidine rings is 2. The van der Waals surface area contributed by atoms with Gasteiger partial charge in [0.1, 0.15) is 6.03 Å². The summed E-state index contributed by atoms with van der Waals surface area (Å²) in [5.41, 5.74) is 1.36. The molecule has 0 aliphatic carbocycles. The van der Waals surface area contributed by atoms with E-state index < -0.39 is 10.0 Å². The fourth-order valence-electron chi connectivity index (χ4n) is 5.05. The molecule has 1 atom stereocenters. The number of benzene rings is 1. The third-order valence-corrected chi connectivity index (χ3v) is 8.26. The van der Waals surface area contributed by atoms with Gasteiger partial charge in [-0.05, 0) is 69.1 Å². The Labute approximate surface area is 236 Å². The Hall–Kier alpha value is -0.00364. The van der Waals surface area contributed by atoms with Crippen LogP contribution in [0.2, 0.25) is 0 Å². The first-order valence-corrected chi connectivity index (χ1v) is 13.1. The smallest absolute Gasteiger partial charge is 0.587 e. The summed E-state index contributed by atoms with van der Waals surface area (Å²) in [6.07, 6.45) is 6.04. The van der Waals surface area contributed by atoms with E-state index in [-0.39, 0.29) is 63.5 Å². The standard InChI is InChI=1S/C23H37N4O3S.K/c1-24-23(28)25(2)21-11-14-26(15-12-21)16-13-22(19-7-5-4-6-8-19)20-9-17-27(18-10-20)31(3,29)30;/h4-8,20-22H,2,9-18H2,1,3H3,(H,24,28);/q-1;+1/p-1/t22-;/m0./s1. The van der Waals surface area contributed by atoms with E-state index in [0.717, 1.165) is 51.7 Å². The molecule has 0 unspecified atom stereocenters. The van der Waals surface area contributed by atoms with Gasteiger partial charge in [0.15, 0.2) is 0 Å². The Balaban J connectivity index is 0.00000363. The van der Waals surface area contributed by atoms with Gasteiger partial charge in [-0.2, -0.15) is 0 Å². The van der Waals surface area contributed by atoms with Crippen LogP contribution in [0.25, 0.3) is 5.32 Å². The summed E-state index contributed by atoms with van der Waals surface area (Å²) in [6, 6.07) is 10.6. The van der Waals surface area contributed by atoms with E-state index in [4.69, 9.17) is 0 Å². The Morgan fingerprint density at radius 2 is 1.72 bits per heavy atom. The molecular weight excluding hydrogens is 451 g/mol. The molecule has 3 rings (SSSR count). The summed E-state index contributed by atoms with van der Waals surface area (Å²) in [4.78, 5) is 15.8. The third-order valence-electron chi connectivity index (χ3n) is 6.96. The van der Waals surface area contributed by atoms with E-state index in [1.165, 1.54) is 23.8 Å². The van der Waals surface area contributed by atoms with E-state index in [2.05, 4.69) is 41.5 Å². The number of hydrogen-bond acceptors (Lipinski definition) is 4. The molecule has 2 aliphatic heterocycles. The van der Waals surface area contributed by atoms with Gasteiger partial charge in [-0.25, -0.2) is 12.7 Å². The minimum atomic E-state index is -3.10. The van der Waals surface area contributed by atoms with Gasteiger partial charge in [0, 0.05) is 13.1 Å². The van der Waals surface area contributed by atoms with Crippen molar-refractivity contribution in [3.63, 3.8) is 0 Å². The van der Waals surface area contributed by atoms with Crippen LogP contribution in [0.15, 0.2) is 30.3 Å². The first-order valence-electron chi connectivity index (χ1n) is 11.3. The molecule has 1 aromatic rings. The molecule has 9 heteroatoms. The Kier molecular flexibility index (Phi) is 11.6. The maximum absolute atomic E-state index is 11.9. The molecule has 174 valence electrons. The quantitative estimate of drug-likeness (QED) is 0.415. The van der Waals surface area contributed by atoms with Crippen LogP contribution < -0.4 is 51.4 Å². The molecule has 0 bridgehead atoms. The van der Waals surface area contributed by atoms with Crippen LogP contribution in [0.4, 0.5) is 4.79 Å². The van der Waals surface area contributed by atoms with Gasteiger partial charge in [-0.3, -0.25) is 0 Å². The monoisotopic (exact) mass is 487 g/mol. The summed E-state index contributed by atoms with van der Waals surface area (Å²) in [6.45, 7) is 4.17. The number of carbonyl (C=O) groups excluding carboxylic acids is 1. The van der Waals surface area contributed by atoms with Gasteiger partial charge >= 0.3 is 51.4 Å². The molecule has 0 saturated carbocycles. The summed E-state index contributed by atoms with van der Waals surface area (Å²) < 4.78 is 25.4. The van der Waals surface area contributed by atoms with Crippen molar-refractivity contribution in [2.75, 3.05) is 46.0 Å². The van der Waals surface area contributed by atoms with Crippen molar-refractivity contribution in [3.05, 3.63) is 48.3 Å². The second kappa shape index (κ2) is 13.2. The average Bonchev–Trinajstić information content (AvgIpc) is 2.79. The zero-order valence-electron chi connectivity index (χ0n) is 19.8. The minimum Gasteiger partial charge on any atom is -0.587 e. The van der Waals surface area contributed by atoms with Crippen LogP contribution in [-0.4, -0.2) is 80.6 Å². The van der Waals surface area contributed by atoms with Crippen LogP contribution in [0, 0.1) is 13.0 Å². The van der Waals surface area contributed by atoms with Crippen molar-refractivity contribution in [2.24, 2.45) is 5.92 Å². The van der Waals surface area contributed by atoms with Gasteiger partial charge in [-0.1, -0.05) is 43.4 Å². The minimum absolute atomic E-state index is 0. The van der Waals surface area contributed by atoms with E-state index in [1.54, 1.807) is 4.31 Å². The summed E-state index contributed by atoms with van der Waals surface area (Å²) in [7, 11) is 2.29. The van der Waals surface area contributed by atoms with E-state index >= 15 is 0 Å². The number of hydrogen-bond donors (Lipinski definition) is 0. The SMILES string of the molecule is [CH2-]N(C(=O)[N-]C)C1CCN(CC[C@@H](c2ccccc2)C2CCN(S(C)(=O)=O)CC2)CC1.[K+]. The number of urea groups is 1. The van der Waals surface area contributed by atoms with Crippen molar-refractivity contribution in [1.82, 2.24) is 14.1 Å². The van der Waals surface area contributed by atoms with Gasteiger partial charge in [-0.15, -0.1) is 0 Å².